The summed E-state index contributed by atoms with van der Waals surface area (Å²) in [6.45, 7) is 11.9. The highest BCUT2D eigenvalue weighted by Crippen LogP contribution is 2.34. The molecule has 2 saturated heterocycles. The Balaban J connectivity index is 1.07. The molecule has 2 N–H and O–H groups in total. The summed E-state index contributed by atoms with van der Waals surface area (Å²) in [6.07, 6.45) is 4.32. The van der Waals surface area contributed by atoms with Crippen LogP contribution in [0.1, 0.15) is 83.5 Å². The number of pyridine rings is 1. The van der Waals surface area contributed by atoms with Crippen LogP contribution in [0.25, 0.3) is 11.3 Å². The molecule has 390 valence electrons. The largest absolute Gasteiger partial charge is 0.619 e. The van der Waals surface area contributed by atoms with Crippen LogP contribution in [0.15, 0.2) is 97.3 Å². The second kappa shape index (κ2) is 23.0. The van der Waals surface area contributed by atoms with Gasteiger partial charge in [-0.15, -0.1) is 0 Å². The van der Waals surface area contributed by atoms with Gasteiger partial charge in [-0.25, -0.2) is 4.98 Å². The third kappa shape index (κ3) is 14.0. The number of benzene rings is 3. The van der Waals surface area contributed by atoms with Gasteiger partial charge in [0.15, 0.2) is 11.9 Å². The number of nitrogens with one attached hydrogen (secondary N) is 2. The first-order valence-corrected chi connectivity index (χ1v) is 25.4. The number of ether oxygens (including phenoxy) is 3. The van der Waals surface area contributed by atoms with Crippen molar-refractivity contribution in [2.24, 2.45) is 13.0 Å². The summed E-state index contributed by atoms with van der Waals surface area (Å²) < 4.78 is 21.0. The molecule has 2 aliphatic rings. The van der Waals surface area contributed by atoms with Gasteiger partial charge in [-0.2, -0.15) is 4.73 Å². The van der Waals surface area contributed by atoms with Crippen LogP contribution in [0, 0.1) is 11.1 Å². The zero-order valence-corrected chi connectivity index (χ0v) is 44.8. The number of esters is 1. The first-order chi connectivity index (χ1) is 34.5. The molecule has 0 aliphatic carbocycles. The van der Waals surface area contributed by atoms with E-state index in [0.29, 0.717) is 64.3 Å². The first kappa shape index (κ1) is 54.7. The van der Waals surface area contributed by atoms with E-state index in [1.807, 2.05) is 69.8 Å². The van der Waals surface area contributed by atoms with Crippen molar-refractivity contribution >= 4 is 46.9 Å². The summed E-state index contributed by atoms with van der Waals surface area (Å²) in [4.78, 5) is 67.3. The second-order valence-corrected chi connectivity index (χ2v) is 21.8. The molecule has 16 nitrogen and oxygen atoms in total. The van der Waals surface area contributed by atoms with Crippen molar-refractivity contribution in [1.29, 1.82) is 0 Å². The molecule has 3 aromatic carbocycles. The molecule has 2 fully saturated rings. The van der Waals surface area contributed by atoms with Crippen molar-refractivity contribution in [3.8, 4) is 22.8 Å². The van der Waals surface area contributed by atoms with Crippen LogP contribution in [0.4, 0.5) is 0 Å². The van der Waals surface area contributed by atoms with Crippen molar-refractivity contribution in [2.75, 3.05) is 33.8 Å². The molecular weight excluding hydrogens is 972 g/mol. The van der Waals surface area contributed by atoms with E-state index in [9.17, 15) is 24.4 Å². The Kier molecular flexibility index (Phi) is 17.3. The van der Waals surface area contributed by atoms with Crippen molar-refractivity contribution in [1.82, 2.24) is 34.9 Å². The smallest absolute Gasteiger partial charge is 0.307 e. The number of imidazole rings is 1. The average molecular weight is 1040 g/mol. The van der Waals surface area contributed by atoms with E-state index < -0.39 is 46.7 Å². The minimum atomic E-state index is -1.15. The number of nitrogens with zero attached hydrogens (tertiary/aromatic N) is 6. The van der Waals surface area contributed by atoms with Gasteiger partial charge in [0.2, 0.25) is 17.7 Å². The lowest BCUT2D eigenvalue weighted by molar-refractivity contribution is -0.614. The highest BCUT2D eigenvalue weighted by Gasteiger charge is 2.50. The summed E-state index contributed by atoms with van der Waals surface area (Å²) in [6, 6.07) is 23.5. The predicted molar refractivity (Wildman–Crippen MR) is 279 cm³/mol. The summed E-state index contributed by atoms with van der Waals surface area (Å²) in [7, 11) is 6.01. The second-order valence-electron chi connectivity index (χ2n) is 21.0. The quantitative estimate of drug-likeness (QED) is 0.0502. The molecule has 0 radical (unpaired) electrons. The standard InChI is InChI=1S/C55H68Cl2N8O8/c1-36(58-31-39-16-21-42(57)29-47(39)72-44-22-17-38(18-23-44)45-32-59-48(62(45)9)33-61(7)8)51(68)65-46(34-71-54(65,5)6)50(67)60-55(30-37-14-19-41(56)20-15-37)24-12-25-63(35-55)52(69)40(28-49(66)73-53(2,3)4)27-43-13-10-11-26-64(43)70/h10-11,13-23,26,29,32,36,40,46,58H,12,24-25,27-28,30-31,33-35H2,1-9H3,(H,60,67)/t36?,40?,46-,55+/m0/s1. The molecule has 73 heavy (non-hydrogen) atoms. The Morgan fingerprint density at radius 2 is 1.70 bits per heavy atom. The number of rotatable bonds is 18. The number of hydrogen-bond donors (Lipinski definition) is 2. The molecule has 2 aliphatic heterocycles. The van der Waals surface area contributed by atoms with E-state index in [4.69, 9.17) is 37.4 Å². The Morgan fingerprint density at radius 1 is 0.986 bits per heavy atom. The van der Waals surface area contributed by atoms with Crippen LogP contribution >= 0.6 is 23.2 Å². The van der Waals surface area contributed by atoms with E-state index in [-0.39, 0.29) is 44.4 Å². The number of aromatic nitrogens is 3. The Morgan fingerprint density at radius 3 is 2.38 bits per heavy atom. The van der Waals surface area contributed by atoms with Crippen LogP contribution in [0.2, 0.25) is 10.0 Å². The lowest BCUT2D eigenvalue weighted by Crippen LogP contribution is -2.65. The highest BCUT2D eigenvalue weighted by molar-refractivity contribution is 6.31. The van der Waals surface area contributed by atoms with E-state index in [1.165, 1.54) is 11.1 Å². The van der Waals surface area contributed by atoms with Gasteiger partial charge < -0.3 is 44.4 Å². The van der Waals surface area contributed by atoms with Gasteiger partial charge in [0, 0.05) is 66.4 Å². The van der Waals surface area contributed by atoms with Crippen LogP contribution in [0.5, 0.6) is 11.5 Å². The fraction of sp³-hybridized carbons (Fsp3) is 0.455. The van der Waals surface area contributed by atoms with Crippen molar-refractivity contribution in [3.05, 3.63) is 135 Å². The average Bonchev–Trinajstić information content (AvgIpc) is 3.85. The van der Waals surface area contributed by atoms with Gasteiger partial charge in [0.25, 0.3) is 0 Å². The normalized spacial score (nSPS) is 18.6. The molecule has 0 bridgehead atoms. The van der Waals surface area contributed by atoms with Crippen LogP contribution in [0.3, 0.4) is 0 Å². The zero-order valence-electron chi connectivity index (χ0n) is 43.2. The van der Waals surface area contributed by atoms with E-state index in [0.717, 1.165) is 28.2 Å². The Hall–Kier alpha value is -6.04. The fourth-order valence-corrected chi connectivity index (χ4v) is 9.91. The number of piperidine rings is 1. The van der Waals surface area contributed by atoms with E-state index in [1.54, 1.807) is 88.9 Å². The summed E-state index contributed by atoms with van der Waals surface area (Å²) >= 11 is 12.8. The number of hydrogen-bond acceptors (Lipinski definition) is 11. The van der Waals surface area contributed by atoms with E-state index >= 15 is 0 Å². The Bertz CT molecular complexity index is 2760. The maximum Gasteiger partial charge on any atom is 0.307 e. The van der Waals surface area contributed by atoms with Crippen molar-refractivity contribution in [3.63, 3.8) is 0 Å². The van der Waals surface area contributed by atoms with Crippen LogP contribution in [-0.2, 0) is 61.6 Å². The van der Waals surface area contributed by atoms with Gasteiger partial charge in [0.1, 0.15) is 34.7 Å². The van der Waals surface area contributed by atoms with E-state index in [2.05, 4.69) is 25.1 Å². The number of carbonyl (C=O) groups excluding carboxylic acids is 4. The molecule has 7 rings (SSSR count). The molecule has 0 saturated carbocycles. The molecule has 4 heterocycles. The van der Waals surface area contributed by atoms with Gasteiger partial charge in [-0.3, -0.25) is 24.1 Å². The maximum absolute atomic E-state index is 14.9. The van der Waals surface area contributed by atoms with Gasteiger partial charge >= 0.3 is 5.97 Å². The van der Waals surface area contributed by atoms with Crippen LogP contribution < -0.4 is 20.1 Å². The summed E-state index contributed by atoms with van der Waals surface area (Å²) in [5.74, 6) is -0.552. The van der Waals surface area contributed by atoms with Crippen molar-refractivity contribution in [2.45, 2.75) is 116 Å². The number of carbonyl (C=O) groups is 4. The topological polar surface area (TPSA) is 175 Å². The Labute approximate surface area is 438 Å². The molecule has 4 atom stereocenters. The van der Waals surface area contributed by atoms with Gasteiger partial charge in [-0.1, -0.05) is 47.5 Å². The predicted octanol–water partition coefficient (Wildman–Crippen LogP) is 7.63. The summed E-state index contributed by atoms with van der Waals surface area (Å²) in [5.41, 5.74) is 0.976. The number of likely N-dealkylation sites (tertiary alicyclic amines) is 1. The lowest BCUT2D eigenvalue weighted by atomic mass is 9.82. The minimum Gasteiger partial charge on any atom is -0.619 e. The van der Waals surface area contributed by atoms with Crippen LogP contribution in [-0.4, -0.2) is 111 Å². The fourth-order valence-electron chi connectivity index (χ4n) is 9.62. The molecule has 3 amide bonds. The van der Waals surface area contributed by atoms with Gasteiger partial charge in [-0.05, 0) is 129 Å². The monoisotopic (exact) mass is 1040 g/mol. The lowest BCUT2D eigenvalue weighted by Gasteiger charge is -2.45. The zero-order chi connectivity index (χ0) is 52.8. The number of halogens is 2. The molecule has 5 aromatic rings. The third-order valence-corrected chi connectivity index (χ3v) is 13.7. The molecule has 2 unspecified atom stereocenters. The SMILES string of the molecule is CC(NCc1ccc(Cl)cc1Oc1ccc(-c2cnc(CN(C)C)n2C)cc1)C(=O)N1[C@H](C(=O)N[C@@]2(Cc3ccc(Cl)cc3)CCCN(C(=O)C(CC(=O)OC(C)(C)C)Cc3cccc[n+]3[O-])C2)COC1(C)C. The first-order valence-electron chi connectivity index (χ1n) is 24.7. The number of amides is 3. The minimum absolute atomic E-state index is 0.000776. The maximum atomic E-state index is 14.9. The molecular formula is C55H68Cl2N8O8. The highest BCUT2D eigenvalue weighted by atomic mass is 35.5. The summed E-state index contributed by atoms with van der Waals surface area (Å²) in [5, 5.41) is 20.5. The third-order valence-electron chi connectivity index (χ3n) is 13.2. The van der Waals surface area contributed by atoms with Crippen molar-refractivity contribution < 1.29 is 38.1 Å². The van der Waals surface area contributed by atoms with Gasteiger partial charge in [0.05, 0.1) is 49.0 Å². The molecule has 2 aromatic heterocycles. The molecule has 0 spiro atoms. The molecule has 18 heteroatoms.